The van der Waals surface area contributed by atoms with Crippen molar-refractivity contribution in [1.29, 1.82) is 0 Å². The molecule has 1 saturated carbocycles. The minimum Gasteiger partial charge on any atom is -0.337 e. The second kappa shape index (κ2) is 6.71. The molecule has 0 unspecified atom stereocenters. The first-order valence-electron chi connectivity index (χ1n) is 9.81. The van der Waals surface area contributed by atoms with E-state index in [0.717, 1.165) is 17.9 Å². The zero-order valence-corrected chi connectivity index (χ0v) is 17.2. The van der Waals surface area contributed by atoms with E-state index in [-0.39, 0.29) is 18.0 Å². The lowest BCUT2D eigenvalue weighted by Gasteiger charge is -2.16. The molecule has 0 N–H and O–H groups in total. The highest BCUT2D eigenvalue weighted by molar-refractivity contribution is 6.30. The molecule has 1 aliphatic carbocycles. The van der Waals surface area contributed by atoms with E-state index in [1.165, 1.54) is 16.5 Å². The third-order valence-corrected chi connectivity index (χ3v) is 6.02. The maximum absolute atomic E-state index is 12.8. The summed E-state index contributed by atoms with van der Waals surface area (Å²) in [5, 5.41) is 5.31. The van der Waals surface area contributed by atoms with Crippen molar-refractivity contribution in [3.05, 3.63) is 81.3 Å². The third-order valence-electron chi connectivity index (χ3n) is 5.78. The van der Waals surface area contributed by atoms with Crippen LogP contribution in [-0.2, 0) is 6.54 Å². The van der Waals surface area contributed by atoms with Crippen LogP contribution >= 0.6 is 11.6 Å². The number of pyridine rings is 2. The number of hydrogen-bond acceptors (Lipinski definition) is 8. The standard InChI is InChI=1S/C21H16ClN7O2/c1-11-2-4-24-19-17(11)21(30)29(10-25-19)9-16-26-20(27-31-16)18-13-7-28(8-14(13)18)15-6-12(22)3-5-23-15/h2-7,10,14,18H,8-9H2,1H3/t14-,18-/m0/s1. The lowest BCUT2D eigenvalue weighted by atomic mass is 10.2. The fourth-order valence-electron chi connectivity index (χ4n) is 4.15. The fraction of sp³-hybridized carbons (Fsp3) is 0.238. The normalized spacial score (nSPS) is 19.5. The molecule has 0 aromatic carbocycles. The van der Waals surface area contributed by atoms with Crippen molar-refractivity contribution in [3.63, 3.8) is 0 Å². The summed E-state index contributed by atoms with van der Waals surface area (Å²) in [5.74, 6) is 2.33. The molecule has 5 heterocycles. The Bertz CT molecular complexity index is 1430. The maximum Gasteiger partial charge on any atom is 0.263 e. The van der Waals surface area contributed by atoms with Crippen LogP contribution in [0.25, 0.3) is 11.0 Å². The number of rotatable bonds is 4. The quantitative estimate of drug-likeness (QED) is 0.484. The molecule has 154 valence electrons. The number of fused-ring (bicyclic) bond motifs is 2. The van der Waals surface area contributed by atoms with Gasteiger partial charge in [0.2, 0.25) is 5.89 Å². The van der Waals surface area contributed by atoms with Gasteiger partial charge < -0.3 is 9.42 Å². The van der Waals surface area contributed by atoms with E-state index in [1.807, 2.05) is 13.0 Å². The van der Waals surface area contributed by atoms with Crippen LogP contribution in [0.4, 0.5) is 5.82 Å². The van der Waals surface area contributed by atoms with E-state index < -0.39 is 0 Å². The van der Waals surface area contributed by atoms with Gasteiger partial charge in [-0.3, -0.25) is 9.36 Å². The Hall–Kier alpha value is -3.59. The predicted octanol–water partition coefficient (Wildman–Crippen LogP) is 2.70. The third kappa shape index (κ3) is 3.00. The van der Waals surface area contributed by atoms with Gasteiger partial charge in [0, 0.05) is 36.1 Å². The average Bonchev–Trinajstić information content (AvgIpc) is 3.09. The summed E-state index contributed by atoms with van der Waals surface area (Å²) in [7, 11) is 0. The highest BCUT2D eigenvalue weighted by Crippen LogP contribution is 2.56. The van der Waals surface area contributed by atoms with Crippen LogP contribution in [0.5, 0.6) is 0 Å². The van der Waals surface area contributed by atoms with Gasteiger partial charge in [0.1, 0.15) is 18.7 Å². The van der Waals surface area contributed by atoms with Gasteiger partial charge in [0.15, 0.2) is 11.5 Å². The summed E-state index contributed by atoms with van der Waals surface area (Å²) in [6.45, 7) is 2.83. The molecule has 0 bridgehead atoms. The van der Waals surface area contributed by atoms with E-state index in [4.69, 9.17) is 16.1 Å². The number of aryl methyl sites for hydroxylation is 1. The van der Waals surface area contributed by atoms with Crippen molar-refractivity contribution < 1.29 is 4.52 Å². The molecule has 31 heavy (non-hydrogen) atoms. The first-order valence-corrected chi connectivity index (χ1v) is 10.2. The van der Waals surface area contributed by atoms with Gasteiger partial charge in [0.25, 0.3) is 5.56 Å². The van der Waals surface area contributed by atoms with E-state index in [1.54, 1.807) is 24.5 Å². The molecule has 0 saturated heterocycles. The van der Waals surface area contributed by atoms with Gasteiger partial charge in [-0.25, -0.2) is 15.0 Å². The summed E-state index contributed by atoms with van der Waals surface area (Å²) in [6.07, 6.45) is 6.89. The number of halogens is 1. The minimum atomic E-state index is -0.175. The van der Waals surface area contributed by atoms with E-state index in [2.05, 4.69) is 36.2 Å². The number of aromatic nitrogens is 6. The molecule has 4 aromatic rings. The SMILES string of the molecule is Cc1ccnc2ncn(Cc3nc([C@H]4C5=CN(c6cc(Cl)ccn6)C[C@@H]54)no3)c(=O)c12. The Morgan fingerprint density at radius 3 is 2.90 bits per heavy atom. The van der Waals surface area contributed by atoms with Crippen molar-refractivity contribution in [2.24, 2.45) is 5.92 Å². The maximum atomic E-state index is 12.8. The Kier molecular flexibility index (Phi) is 3.94. The van der Waals surface area contributed by atoms with Gasteiger partial charge in [-0.2, -0.15) is 4.98 Å². The second-order valence-electron chi connectivity index (χ2n) is 7.75. The van der Waals surface area contributed by atoms with Crippen LogP contribution in [0.3, 0.4) is 0 Å². The van der Waals surface area contributed by atoms with Crippen LogP contribution in [0.2, 0.25) is 5.02 Å². The predicted molar refractivity (Wildman–Crippen MR) is 113 cm³/mol. The molecule has 10 heteroatoms. The van der Waals surface area contributed by atoms with Crippen LogP contribution < -0.4 is 10.5 Å². The molecule has 1 fully saturated rings. The van der Waals surface area contributed by atoms with Crippen molar-refractivity contribution >= 4 is 28.5 Å². The van der Waals surface area contributed by atoms with Crippen molar-refractivity contribution in [2.75, 3.05) is 11.4 Å². The van der Waals surface area contributed by atoms with Gasteiger partial charge in [0.05, 0.1) is 11.3 Å². The summed E-state index contributed by atoms with van der Waals surface area (Å²) < 4.78 is 6.89. The molecule has 1 aliphatic heterocycles. The molecule has 2 aliphatic rings. The molecule has 0 radical (unpaired) electrons. The number of anilines is 1. The highest BCUT2D eigenvalue weighted by atomic mass is 35.5. The average molecular weight is 434 g/mol. The monoisotopic (exact) mass is 433 g/mol. The smallest absolute Gasteiger partial charge is 0.263 e. The van der Waals surface area contributed by atoms with E-state index >= 15 is 0 Å². The van der Waals surface area contributed by atoms with E-state index in [0.29, 0.717) is 33.7 Å². The molecular formula is C21H16ClN7O2. The molecule has 9 nitrogen and oxygen atoms in total. The summed E-state index contributed by atoms with van der Waals surface area (Å²) in [4.78, 5) is 32.2. The lowest BCUT2D eigenvalue weighted by Crippen LogP contribution is -2.22. The van der Waals surface area contributed by atoms with Crippen LogP contribution in [0, 0.1) is 12.8 Å². The van der Waals surface area contributed by atoms with Gasteiger partial charge >= 0.3 is 0 Å². The number of nitrogens with zero attached hydrogens (tertiary/aromatic N) is 7. The first-order chi connectivity index (χ1) is 15.1. The first kappa shape index (κ1) is 18.2. The van der Waals surface area contributed by atoms with Crippen LogP contribution in [0.1, 0.15) is 23.2 Å². The highest BCUT2D eigenvalue weighted by Gasteiger charge is 2.52. The second-order valence-corrected chi connectivity index (χ2v) is 8.18. The minimum absolute atomic E-state index is 0.144. The number of hydrogen-bond donors (Lipinski definition) is 0. The lowest BCUT2D eigenvalue weighted by molar-refractivity contribution is 0.364. The van der Waals surface area contributed by atoms with Gasteiger partial charge in [-0.1, -0.05) is 16.8 Å². The zero-order valence-electron chi connectivity index (χ0n) is 16.4. The Morgan fingerprint density at radius 1 is 1.23 bits per heavy atom. The Balaban J connectivity index is 1.22. The Labute approximate surface area is 181 Å². The fourth-order valence-corrected chi connectivity index (χ4v) is 4.31. The molecule has 6 rings (SSSR count). The van der Waals surface area contributed by atoms with Crippen molar-refractivity contribution in [2.45, 2.75) is 19.4 Å². The summed E-state index contributed by atoms with van der Waals surface area (Å²) in [5.41, 5.74) is 2.34. The summed E-state index contributed by atoms with van der Waals surface area (Å²) in [6, 6.07) is 5.40. The van der Waals surface area contributed by atoms with Crippen molar-refractivity contribution in [1.82, 2.24) is 29.7 Å². The van der Waals surface area contributed by atoms with Crippen LogP contribution in [0.15, 0.2) is 58.0 Å². The Morgan fingerprint density at radius 2 is 2.10 bits per heavy atom. The molecule has 2 atom stereocenters. The van der Waals surface area contributed by atoms with Gasteiger partial charge in [-0.05, 0) is 36.3 Å². The molecule has 4 aromatic heterocycles. The summed E-state index contributed by atoms with van der Waals surface area (Å²) >= 11 is 6.06. The van der Waals surface area contributed by atoms with E-state index in [9.17, 15) is 4.79 Å². The van der Waals surface area contributed by atoms with Gasteiger partial charge in [-0.15, -0.1) is 0 Å². The molecule has 0 amide bonds. The van der Waals surface area contributed by atoms with Crippen LogP contribution in [-0.4, -0.2) is 36.2 Å². The molecule has 0 spiro atoms. The molecular weight excluding hydrogens is 418 g/mol. The zero-order chi connectivity index (χ0) is 21.1. The largest absolute Gasteiger partial charge is 0.337 e. The topological polar surface area (TPSA) is 103 Å². The van der Waals surface area contributed by atoms with Crippen molar-refractivity contribution in [3.8, 4) is 0 Å².